The molecule has 4 rings (SSSR count). The third kappa shape index (κ3) is 3.07. The van der Waals surface area contributed by atoms with Crippen molar-refractivity contribution < 1.29 is 0 Å². The largest absolute Gasteiger partial charge is 0.353 e. The Morgan fingerprint density at radius 3 is 2.42 bits per heavy atom. The predicted octanol–water partition coefficient (Wildman–Crippen LogP) is 1.85. The number of aryl methyl sites for hydroxylation is 1. The SMILES string of the molecule is Cc1cc(N2CCN(c3ccnc(C(C)(C)C)n3)CC2)n2ncnc2n1. The molecule has 4 heterocycles. The Labute approximate surface area is 152 Å². The summed E-state index contributed by atoms with van der Waals surface area (Å²) in [5, 5.41) is 4.32. The average Bonchev–Trinajstić information content (AvgIpc) is 3.09. The van der Waals surface area contributed by atoms with E-state index >= 15 is 0 Å². The van der Waals surface area contributed by atoms with E-state index in [1.165, 1.54) is 0 Å². The Balaban J connectivity index is 1.53. The van der Waals surface area contributed by atoms with Gasteiger partial charge in [-0.15, -0.1) is 0 Å². The quantitative estimate of drug-likeness (QED) is 0.696. The van der Waals surface area contributed by atoms with Gasteiger partial charge in [0.05, 0.1) is 0 Å². The van der Waals surface area contributed by atoms with Crippen molar-refractivity contribution in [3.63, 3.8) is 0 Å². The zero-order chi connectivity index (χ0) is 18.3. The van der Waals surface area contributed by atoms with Crippen LogP contribution in [0.5, 0.6) is 0 Å². The maximum atomic E-state index is 4.78. The number of hydrogen-bond acceptors (Lipinski definition) is 7. The summed E-state index contributed by atoms with van der Waals surface area (Å²) in [6.07, 6.45) is 3.41. The molecule has 0 spiro atoms. The summed E-state index contributed by atoms with van der Waals surface area (Å²) < 4.78 is 1.81. The summed E-state index contributed by atoms with van der Waals surface area (Å²) in [5.74, 6) is 3.57. The van der Waals surface area contributed by atoms with Crippen molar-refractivity contribution in [2.24, 2.45) is 0 Å². The molecule has 8 nitrogen and oxygen atoms in total. The third-order valence-electron chi connectivity index (χ3n) is 4.60. The van der Waals surface area contributed by atoms with Gasteiger partial charge in [0.25, 0.3) is 5.78 Å². The summed E-state index contributed by atoms with van der Waals surface area (Å²) in [7, 11) is 0. The number of fused-ring (bicyclic) bond motifs is 1. The minimum absolute atomic E-state index is 0.0505. The van der Waals surface area contributed by atoms with Gasteiger partial charge >= 0.3 is 0 Å². The van der Waals surface area contributed by atoms with Crippen LogP contribution < -0.4 is 9.80 Å². The topological polar surface area (TPSA) is 75.3 Å². The highest BCUT2D eigenvalue weighted by Crippen LogP contribution is 2.23. The zero-order valence-electron chi connectivity index (χ0n) is 15.7. The summed E-state index contributed by atoms with van der Waals surface area (Å²) in [6.45, 7) is 12.0. The smallest absolute Gasteiger partial charge is 0.254 e. The predicted molar refractivity (Wildman–Crippen MR) is 101 cm³/mol. The molecule has 0 amide bonds. The molecule has 0 saturated carbocycles. The molecule has 0 bridgehead atoms. The minimum atomic E-state index is -0.0505. The van der Waals surface area contributed by atoms with Crippen LogP contribution in [0.1, 0.15) is 32.3 Å². The first kappa shape index (κ1) is 16.7. The highest BCUT2D eigenvalue weighted by atomic mass is 15.4. The maximum absolute atomic E-state index is 4.78. The molecule has 0 N–H and O–H groups in total. The summed E-state index contributed by atoms with van der Waals surface area (Å²) in [5.41, 5.74) is 0.902. The molecular formula is C18H24N8. The van der Waals surface area contributed by atoms with Crippen LogP contribution in [0.2, 0.25) is 0 Å². The van der Waals surface area contributed by atoms with Crippen molar-refractivity contribution in [3.05, 3.63) is 36.2 Å². The van der Waals surface area contributed by atoms with E-state index in [1.807, 2.05) is 23.7 Å². The minimum Gasteiger partial charge on any atom is -0.353 e. The summed E-state index contributed by atoms with van der Waals surface area (Å²) in [6, 6.07) is 4.07. The molecule has 1 aliphatic rings. The maximum Gasteiger partial charge on any atom is 0.254 e. The second-order valence-corrected chi connectivity index (χ2v) is 7.69. The molecule has 1 aliphatic heterocycles. The van der Waals surface area contributed by atoms with E-state index in [0.29, 0.717) is 5.78 Å². The number of piperazine rings is 1. The first-order valence-electron chi connectivity index (χ1n) is 8.92. The van der Waals surface area contributed by atoms with E-state index in [4.69, 9.17) is 4.98 Å². The van der Waals surface area contributed by atoms with Crippen LogP contribution in [0.25, 0.3) is 5.78 Å². The fraction of sp³-hybridized carbons (Fsp3) is 0.500. The van der Waals surface area contributed by atoms with Crippen molar-refractivity contribution in [2.75, 3.05) is 36.0 Å². The second-order valence-electron chi connectivity index (χ2n) is 7.69. The lowest BCUT2D eigenvalue weighted by atomic mass is 9.96. The van der Waals surface area contributed by atoms with Crippen LogP contribution in [0.4, 0.5) is 11.6 Å². The van der Waals surface area contributed by atoms with E-state index in [2.05, 4.69) is 56.7 Å². The highest BCUT2D eigenvalue weighted by Gasteiger charge is 2.23. The van der Waals surface area contributed by atoms with Crippen LogP contribution in [0.3, 0.4) is 0 Å². The molecular weight excluding hydrogens is 328 g/mol. The Morgan fingerprint density at radius 2 is 1.69 bits per heavy atom. The number of hydrogen-bond donors (Lipinski definition) is 0. The number of anilines is 2. The van der Waals surface area contributed by atoms with E-state index in [0.717, 1.165) is 49.3 Å². The van der Waals surface area contributed by atoms with Gasteiger partial charge in [0.2, 0.25) is 0 Å². The molecule has 0 aromatic carbocycles. The van der Waals surface area contributed by atoms with Gasteiger partial charge in [-0.2, -0.15) is 14.6 Å². The Morgan fingerprint density at radius 1 is 0.962 bits per heavy atom. The molecule has 1 saturated heterocycles. The van der Waals surface area contributed by atoms with E-state index in [1.54, 1.807) is 6.33 Å². The number of rotatable bonds is 2. The van der Waals surface area contributed by atoms with Crippen LogP contribution in [0, 0.1) is 6.92 Å². The Kier molecular flexibility index (Phi) is 3.97. The van der Waals surface area contributed by atoms with Crippen molar-refractivity contribution in [1.29, 1.82) is 0 Å². The van der Waals surface area contributed by atoms with Crippen LogP contribution in [0.15, 0.2) is 24.7 Å². The third-order valence-corrected chi connectivity index (χ3v) is 4.60. The normalized spacial score (nSPS) is 15.7. The zero-order valence-corrected chi connectivity index (χ0v) is 15.7. The first-order chi connectivity index (χ1) is 12.4. The molecule has 1 fully saturated rings. The van der Waals surface area contributed by atoms with Gasteiger partial charge < -0.3 is 9.80 Å². The standard InChI is InChI=1S/C18H24N8/c1-13-11-15(26-17(22-13)20-12-21-26)25-9-7-24(8-10-25)14-5-6-19-16(23-14)18(2,3)4/h5-6,11-12H,7-10H2,1-4H3. The van der Waals surface area contributed by atoms with Gasteiger partial charge in [-0.3, -0.25) is 0 Å². The molecule has 136 valence electrons. The van der Waals surface area contributed by atoms with Gasteiger partial charge in [-0.1, -0.05) is 20.8 Å². The lowest BCUT2D eigenvalue weighted by Gasteiger charge is -2.36. The van der Waals surface area contributed by atoms with E-state index < -0.39 is 0 Å². The Hall–Kier alpha value is -2.77. The summed E-state index contributed by atoms with van der Waals surface area (Å²) >= 11 is 0. The van der Waals surface area contributed by atoms with E-state index in [9.17, 15) is 0 Å². The fourth-order valence-electron chi connectivity index (χ4n) is 3.19. The van der Waals surface area contributed by atoms with Crippen molar-refractivity contribution in [2.45, 2.75) is 33.1 Å². The average molecular weight is 352 g/mol. The number of aromatic nitrogens is 6. The van der Waals surface area contributed by atoms with Gasteiger partial charge in [-0.25, -0.2) is 15.0 Å². The van der Waals surface area contributed by atoms with E-state index in [-0.39, 0.29) is 5.41 Å². The molecule has 3 aromatic rings. The molecule has 0 aliphatic carbocycles. The Bertz CT molecular complexity index is 918. The van der Waals surface area contributed by atoms with Gasteiger partial charge in [-0.05, 0) is 13.0 Å². The molecule has 26 heavy (non-hydrogen) atoms. The second kappa shape index (κ2) is 6.19. The van der Waals surface area contributed by atoms with Crippen LogP contribution in [-0.4, -0.2) is 55.7 Å². The molecule has 8 heteroatoms. The van der Waals surface area contributed by atoms with Crippen LogP contribution in [-0.2, 0) is 5.41 Å². The summed E-state index contributed by atoms with van der Waals surface area (Å²) in [4.78, 5) is 22.5. The molecule has 0 atom stereocenters. The van der Waals surface area contributed by atoms with Crippen molar-refractivity contribution >= 4 is 17.4 Å². The monoisotopic (exact) mass is 352 g/mol. The lowest BCUT2D eigenvalue weighted by molar-refractivity contribution is 0.541. The van der Waals surface area contributed by atoms with Gasteiger partial charge in [0.1, 0.15) is 23.8 Å². The first-order valence-corrected chi connectivity index (χ1v) is 8.92. The molecule has 0 unspecified atom stereocenters. The van der Waals surface area contributed by atoms with Crippen molar-refractivity contribution in [1.82, 2.24) is 29.5 Å². The molecule has 3 aromatic heterocycles. The molecule has 0 radical (unpaired) electrons. The van der Waals surface area contributed by atoms with Gasteiger partial charge in [0, 0.05) is 49.6 Å². The van der Waals surface area contributed by atoms with Gasteiger partial charge in [0.15, 0.2) is 0 Å². The lowest BCUT2D eigenvalue weighted by Crippen LogP contribution is -2.47. The van der Waals surface area contributed by atoms with Crippen LogP contribution >= 0.6 is 0 Å². The number of nitrogens with zero attached hydrogens (tertiary/aromatic N) is 8. The fourth-order valence-corrected chi connectivity index (χ4v) is 3.19. The van der Waals surface area contributed by atoms with Crippen molar-refractivity contribution in [3.8, 4) is 0 Å². The highest BCUT2D eigenvalue weighted by molar-refractivity contribution is 5.49.